The second-order valence-electron chi connectivity index (χ2n) is 4.86. The zero-order valence-electron chi connectivity index (χ0n) is 11.5. The number of hydrogen-bond acceptors (Lipinski definition) is 1. The Bertz CT molecular complexity index is 576. The van der Waals surface area contributed by atoms with Gasteiger partial charge in [0.15, 0.2) is 0 Å². The topological polar surface area (TPSA) is 41.1 Å². The molecule has 2 aromatic rings. The molecule has 0 aliphatic rings. The van der Waals surface area contributed by atoms with E-state index in [2.05, 4.69) is 40.4 Å². The van der Waals surface area contributed by atoms with Crippen molar-refractivity contribution < 1.29 is 4.79 Å². The first kappa shape index (κ1) is 14.6. The van der Waals surface area contributed by atoms with Crippen molar-refractivity contribution >= 4 is 33.3 Å². The second-order valence-corrected chi connectivity index (χ2v) is 5.78. The van der Waals surface area contributed by atoms with Crippen LogP contribution < -0.4 is 10.6 Å². The highest BCUT2D eigenvalue weighted by atomic mass is 79.9. The van der Waals surface area contributed by atoms with Gasteiger partial charge in [0.2, 0.25) is 0 Å². The molecule has 0 aliphatic carbocycles. The van der Waals surface area contributed by atoms with Crippen LogP contribution in [0, 0.1) is 0 Å². The van der Waals surface area contributed by atoms with Gasteiger partial charge in [0.1, 0.15) is 0 Å². The summed E-state index contributed by atoms with van der Waals surface area (Å²) in [7, 11) is 0. The van der Waals surface area contributed by atoms with Crippen LogP contribution in [0.15, 0.2) is 53.0 Å². The predicted octanol–water partition coefficient (Wildman–Crippen LogP) is 5.22. The first-order valence-corrected chi connectivity index (χ1v) is 7.27. The molecule has 0 heterocycles. The number of carbonyl (C=O) groups is 1. The van der Waals surface area contributed by atoms with Gasteiger partial charge in [-0.15, -0.1) is 0 Å². The third-order valence-electron chi connectivity index (χ3n) is 2.94. The molecule has 0 unspecified atom stereocenters. The normalized spacial score (nSPS) is 10.4. The van der Waals surface area contributed by atoms with Gasteiger partial charge in [-0.1, -0.05) is 41.9 Å². The van der Waals surface area contributed by atoms with Crippen LogP contribution in [0.25, 0.3) is 0 Å². The smallest absolute Gasteiger partial charge is 0.308 e. The van der Waals surface area contributed by atoms with Crippen LogP contribution in [0.3, 0.4) is 0 Å². The molecule has 0 bridgehead atoms. The summed E-state index contributed by atoms with van der Waals surface area (Å²) in [5.41, 5.74) is 2.79. The van der Waals surface area contributed by atoms with Crippen molar-refractivity contribution in [2.75, 3.05) is 10.6 Å². The van der Waals surface area contributed by atoms with E-state index in [4.69, 9.17) is 0 Å². The fourth-order valence-corrected chi connectivity index (χ4v) is 2.04. The zero-order chi connectivity index (χ0) is 14.5. The Morgan fingerprint density at radius 2 is 1.35 bits per heavy atom. The average molecular weight is 333 g/mol. The average Bonchev–Trinajstić information content (AvgIpc) is 2.42. The van der Waals surface area contributed by atoms with Gasteiger partial charge in [0, 0.05) is 15.8 Å². The van der Waals surface area contributed by atoms with Crippen molar-refractivity contribution in [3.8, 4) is 0 Å². The lowest BCUT2D eigenvalue weighted by atomic mass is 10.0. The van der Waals surface area contributed by atoms with Gasteiger partial charge in [-0.05, 0) is 47.9 Å². The van der Waals surface area contributed by atoms with Crippen molar-refractivity contribution in [1.82, 2.24) is 0 Å². The van der Waals surface area contributed by atoms with Crippen molar-refractivity contribution in [3.63, 3.8) is 0 Å². The number of rotatable bonds is 3. The van der Waals surface area contributed by atoms with E-state index in [0.717, 1.165) is 15.8 Å². The van der Waals surface area contributed by atoms with Gasteiger partial charge in [-0.3, -0.25) is 0 Å². The van der Waals surface area contributed by atoms with Crippen LogP contribution in [0.2, 0.25) is 0 Å². The Morgan fingerprint density at radius 1 is 0.900 bits per heavy atom. The molecule has 2 N–H and O–H groups in total. The highest BCUT2D eigenvalue weighted by molar-refractivity contribution is 9.10. The Labute approximate surface area is 127 Å². The van der Waals surface area contributed by atoms with Crippen LogP contribution in [0.4, 0.5) is 16.2 Å². The van der Waals surface area contributed by atoms with E-state index >= 15 is 0 Å². The quantitative estimate of drug-likeness (QED) is 0.795. The molecular formula is C16H17BrN2O. The maximum absolute atomic E-state index is 11.9. The molecule has 0 radical (unpaired) electrons. The molecule has 104 valence electrons. The SMILES string of the molecule is CC(C)c1ccc(NC(=O)Nc2ccc(Br)cc2)cc1. The highest BCUT2D eigenvalue weighted by Crippen LogP contribution is 2.18. The lowest BCUT2D eigenvalue weighted by molar-refractivity contribution is 0.262. The summed E-state index contributed by atoms with van der Waals surface area (Å²) in [6.07, 6.45) is 0. The van der Waals surface area contributed by atoms with Crippen LogP contribution in [0.5, 0.6) is 0 Å². The number of amides is 2. The third kappa shape index (κ3) is 4.10. The van der Waals surface area contributed by atoms with Gasteiger partial charge in [0.05, 0.1) is 0 Å². The van der Waals surface area contributed by atoms with Gasteiger partial charge in [0.25, 0.3) is 0 Å². The summed E-state index contributed by atoms with van der Waals surface area (Å²) in [5, 5.41) is 5.59. The first-order chi connectivity index (χ1) is 9.54. The number of nitrogens with one attached hydrogen (secondary N) is 2. The van der Waals surface area contributed by atoms with E-state index in [1.165, 1.54) is 5.56 Å². The number of anilines is 2. The molecule has 0 atom stereocenters. The van der Waals surface area contributed by atoms with Crippen molar-refractivity contribution in [3.05, 3.63) is 58.6 Å². The molecule has 0 aliphatic heterocycles. The van der Waals surface area contributed by atoms with Crippen molar-refractivity contribution in [2.24, 2.45) is 0 Å². The van der Waals surface area contributed by atoms with Crippen LogP contribution in [-0.4, -0.2) is 6.03 Å². The van der Waals surface area contributed by atoms with E-state index < -0.39 is 0 Å². The molecule has 3 nitrogen and oxygen atoms in total. The minimum Gasteiger partial charge on any atom is -0.308 e. The largest absolute Gasteiger partial charge is 0.323 e. The van der Waals surface area contributed by atoms with E-state index in [0.29, 0.717) is 5.92 Å². The lowest BCUT2D eigenvalue weighted by Crippen LogP contribution is -2.19. The van der Waals surface area contributed by atoms with E-state index in [9.17, 15) is 4.79 Å². The molecule has 2 amide bonds. The molecule has 20 heavy (non-hydrogen) atoms. The van der Waals surface area contributed by atoms with E-state index in [-0.39, 0.29) is 6.03 Å². The number of halogens is 1. The molecular weight excluding hydrogens is 316 g/mol. The van der Waals surface area contributed by atoms with Crippen LogP contribution in [0.1, 0.15) is 25.3 Å². The molecule has 0 saturated heterocycles. The first-order valence-electron chi connectivity index (χ1n) is 6.48. The summed E-state index contributed by atoms with van der Waals surface area (Å²) < 4.78 is 0.979. The van der Waals surface area contributed by atoms with Gasteiger partial charge in [-0.25, -0.2) is 4.79 Å². The van der Waals surface area contributed by atoms with E-state index in [1.54, 1.807) is 0 Å². The summed E-state index contributed by atoms with van der Waals surface area (Å²) >= 11 is 3.36. The molecule has 0 fully saturated rings. The van der Waals surface area contributed by atoms with Gasteiger partial charge < -0.3 is 10.6 Å². The predicted molar refractivity (Wildman–Crippen MR) is 87.3 cm³/mol. The highest BCUT2D eigenvalue weighted by Gasteiger charge is 2.03. The molecule has 2 aromatic carbocycles. The minimum absolute atomic E-state index is 0.246. The molecule has 0 aromatic heterocycles. The number of carbonyl (C=O) groups excluding carboxylic acids is 1. The summed E-state index contributed by atoms with van der Waals surface area (Å²) in [6, 6.07) is 15.1. The molecule has 2 rings (SSSR count). The maximum atomic E-state index is 11.9. The lowest BCUT2D eigenvalue weighted by Gasteiger charge is -2.09. The number of hydrogen-bond donors (Lipinski definition) is 2. The summed E-state index contributed by atoms with van der Waals surface area (Å²) in [4.78, 5) is 11.9. The maximum Gasteiger partial charge on any atom is 0.323 e. The molecule has 0 saturated carbocycles. The van der Waals surface area contributed by atoms with Gasteiger partial charge >= 0.3 is 6.03 Å². The Hall–Kier alpha value is -1.81. The minimum atomic E-state index is -0.246. The fourth-order valence-electron chi connectivity index (χ4n) is 1.78. The second kappa shape index (κ2) is 6.57. The number of urea groups is 1. The number of benzene rings is 2. The van der Waals surface area contributed by atoms with Crippen molar-refractivity contribution in [2.45, 2.75) is 19.8 Å². The third-order valence-corrected chi connectivity index (χ3v) is 3.47. The standard InChI is InChI=1S/C16H17BrN2O/c1-11(2)12-3-7-14(8-4-12)18-16(20)19-15-9-5-13(17)6-10-15/h3-11H,1-2H3,(H2,18,19,20). The monoisotopic (exact) mass is 332 g/mol. The Kier molecular flexibility index (Phi) is 4.79. The van der Waals surface area contributed by atoms with Crippen molar-refractivity contribution in [1.29, 1.82) is 0 Å². The van der Waals surface area contributed by atoms with Crippen LogP contribution in [-0.2, 0) is 0 Å². The van der Waals surface area contributed by atoms with Crippen LogP contribution >= 0.6 is 15.9 Å². The Balaban J connectivity index is 1.95. The zero-order valence-corrected chi connectivity index (χ0v) is 13.1. The molecule has 0 spiro atoms. The summed E-state index contributed by atoms with van der Waals surface area (Å²) in [5.74, 6) is 0.487. The molecule has 4 heteroatoms. The summed E-state index contributed by atoms with van der Waals surface area (Å²) in [6.45, 7) is 4.28. The van der Waals surface area contributed by atoms with Gasteiger partial charge in [-0.2, -0.15) is 0 Å². The van der Waals surface area contributed by atoms with E-state index in [1.807, 2.05) is 48.5 Å². The Morgan fingerprint density at radius 3 is 1.80 bits per heavy atom. The fraction of sp³-hybridized carbons (Fsp3) is 0.188.